The van der Waals surface area contributed by atoms with Crippen LogP contribution in [0.25, 0.3) is 0 Å². The Morgan fingerprint density at radius 2 is 2.12 bits per heavy atom. The summed E-state index contributed by atoms with van der Waals surface area (Å²) in [7, 11) is 1.66. The lowest BCUT2D eigenvalue weighted by Gasteiger charge is -2.22. The lowest BCUT2D eigenvalue weighted by Crippen LogP contribution is -2.23. The number of ether oxygens (including phenoxy) is 1. The highest BCUT2D eigenvalue weighted by Crippen LogP contribution is 2.24. The van der Waals surface area contributed by atoms with Crippen molar-refractivity contribution >= 4 is 33.3 Å². The molecule has 4 heteroatoms. The average Bonchev–Trinajstić information content (AvgIpc) is 2.26. The van der Waals surface area contributed by atoms with Crippen molar-refractivity contribution in [3.63, 3.8) is 0 Å². The smallest absolute Gasteiger partial charge is 0.164 e. The van der Waals surface area contributed by atoms with Gasteiger partial charge in [-0.25, -0.2) is 0 Å². The van der Waals surface area contributed by atoms with Gasteiger partial charge in [-0.1, -0.05) is 11.6 Å². The SMILES string of the molecule is COC(C)(C)CCC(=O)c1ccc(Cl)cc1Br. The lowest BCUT2D eigenvalue weighted by molar-refractivity contribution is 0.0141. The minimum Gasteiger partial charge on any atom is -0.379 e. The summed E-state index contributed by atoms with van der Waals surface area (Å²) in [6, 6.07) is 5.20. The second kappa shape index (κ2) is 5.98. The molecule has 0 atom stereocenters. The summed E-state index contributed by atoms with van der Waals surface area (Å²) in [4.78, 5) is 12.0. The maximum atomic E-state index is 12.0. The van der Waals surface area contributed by atoms with Gasteiger partial charge >= 0.3 is 0 Å². The highest BCUT2D eigenvalue weighted by atomic mass is 79.9. The fourth-order valence-corrected chi connectivity index (χ4v) is 2.27. The standard InChI is InChI=1S/C13H16BrClO2/c1-13(2,17-3)7-6-12(16)10-5-4-9(15)8-11(10)14/h4-5,8H,6-7H2,1-3H3. The van der Waals surface area contributed by atoms with Crippen LogP contribution in [-0.2, 0) is 4.74 Å². The van der Waals surface area contributed by atoms with Crippen LogP contribution in [0, 0.1) is 0 Å². The molecular weight excluding hydrogens is 303 g/mol. The molecule has 0 aliphatic carbocycles. The van der Waals surface area contributed by atoms with Crippen LogP contribution in [0.15, 0.2) is 22.7 Å². The van der Waals surface area contributed by atoms with Gasteiger partial charge < -0.3 is 4.74 Å². The largest absolute Gasteiger partial charge is 0.379 e. The molecule has 0 aliphatic heterocycles. The topological polar surface area (TPSA) is 26.3 Å². The summed E-state index contributed by atoms with van der Waals surface area (Å²) in [6.45, 7) is 3.94. The minimum atomic E-state index is -0.269. The van der Waals surface area contributed by atoms with Crippen LogP contribution in [0.1, 0.15) is 37.0 Å². The van der Waals surface area contributed by atoms with Crippen molar-refractivity contribution in [3.8, 4) is 0 Å². The van der Waals surface area contributed by atoms with E-state index in [1.54, 1.807) is 25.3 Å². The van der Waals surface area contributed by atoms with Crippen molar-refractivity contribution in [1.29, 1.82) is 0 Å². The first-order valence-corrected chi connectivity index (χ1v) is 6.56. The van der Waals surface area contributed by atoms with Gasteiger partial charge in [-0.15, -0.1) is 0 Å². The van der Waals surface area contributed by atoms with Crippen LogP contribution in [0.5, 0.6) is 0 Å². The molecule has 0 fully saturated rings. The third kappa shape index (κ3) is 4.41. The zero-order chi connectivity index (χ0) is 13.1. The van der Waals surface area contributed by atoms with Crippen LogP contribution < -0.4 is 0 Å². The molecule has 1 aromatic rings. The Labute approximate surface area is 115 Å². The molecule has 17 heavy (non-hydrogen) atoms. The molecular formula is C13H16BrClO2. The number of ketones is 1. The molecule has 0 aromatic heterocycles. The van der Waals surface area contributed by atoms with Crippen molar-refractivity contribution in [1.82, 2.24) is 0 Å². The molecule has 0 heterocycles. The maximum Gasteiger partial charge on any atom is 0.164 e. The van der Waals surface area contributed by atoms with Gasteiger partial charge in [-0.3, -0.25) is 4.79 Å². The molecule has 1 rings (SSSR count). The van der Waals surface area contributed by atoms with E-state index in [4.69, 9.17) is 16.3 Å². The number of methoxy groups -OCH3 is 1. The van der Waals surface area contributed by atoms with E-state index >= 15 is 0 Å². The Balaban J connectivity index is 2.71. The summed E-state index contributed by atoms with van der Waals surface area (Å²) in [6.07, 6.45) is 1.15. The van der Waals surface area contributed by atoms with E-state index in [0.29, 0.717) is 23.4 Å². The molecule has 0 aliphatic rings. The van der Waals surface area contributed by atoms with E-state index in [-0.39, 0.29) is 11.4 Å². The first-order valence-electron chi connectivity index (χ1n) is 5.39. The third-order valence-electron chi connectivity index (χ3n) is 2.74. The van der Waals surface area contributed by atoms with Crippen molar-refractivity contribution in [2.24, 2.45) is 0 Å². The van der Waals surface area contributed by atoms with Gasteiger partial charge in [0.15, 0.2) is 5.78 Å². The van der Waals surface area contributed by atoms with E-state index in [9.17, 15) is 4.79 Å². The summed E-state index contributed by atoms with van der Waals surface area (Å²) < 4.78 is 6.03. The zero-order valence-corrected chi connectivity index (χ0v) is 12.6. The number of benzene rings is 1. The predicted octanol–water partition coefficient (Wildman–Crippen LogP) is 4.49. The van der Waals surface area contributed by atoms with Crippen molar-refractivity contribution < 1.29 is 9.53 Å². The number of hydrogen-bond acceptors (Lipinski definition) is 2. The number of Topliss-reactive ketones (excluding diaryl/α,β-unsaturated/α-hetero) is 1. The normalized spacial score (nSPS) is 11.6. The van der Waals surface area contributed by atoms with Crippen LogP contribution >= 0.6 is 27.5 Å². The van der Waals surface area contributed by atoms with E-state index in [1.165, 1.54) is 0 Å². The van der Waals surface area contributed by atoms with Gasteiger partial charge in [0.25, 0.3) is 0 Å². The Kier molecular flexibility index (Phi) is 5.17. The van der Waals surface area contributed by atoms with Gasteiger partial charge in [0, 0.05) is 28.6 Å². The minimum absolute atomic E-state index is 0.0960. The molecule has 0 saturated heterocycles. The molecule has 0 spiro atoms. The molecule has 0 radical (unpaired) electrons. The molecule has 2 nitrogen and oxygen atoms in total. The molecule has 0 bridgehead atoms. The number of carbonyl (C=O) groups excluding carboxylic acids is 1. The highest BCUT2D eigenvalue weighted by molar-refractivity contribution is 9.10. The average molecular weight is 320 g/mol. The van der Waals surface area contributed by atoms with Crippen LogP contribution in [-0.4, -0.2) is 18.5 Å². The zero-order valence-electron chi connectivity index (χ0n) is 10.2. The molecule has 94 valence electrons. The molecule has 0 saturated carbocycles. The van der Waals surface area contributed by atoms with Crippen LogP contribution in [0.3, 0.4) is 0 Å². The second-order valence-corrected chi connectivity index (χ2v) is 5.80. The predicted molar refractivity (Wildman–Crippen MR) is 73.8 cm³/mol. The number of halogens is 2. The Morgan fingerprint density at radius 1 is 1.47 bits per heavy atom. The quantitative estimate of drug-likeness (QED) is 0.747. The van der Waals surface area contributed by atoms with Crippen molar-refractivity contribution in [2.45, 2.75) is 32.3 Å². The van der Waals surface area contributed by atoms with Crippen molar-refractivity contribution in [2.75, 3.05) is 7.11 Å². The van der Waals surface area contributed by atoms with Gasteiger partial charge in [0.05, 0.1) is 5.60 Å². The highest BCUT2D eigenvalue weighted by Gasteiger charge is 2.19. The molecule has 0 N–H and O–H groups in total. The Hall–Kier alpha value is -0.380. The number of carbonyl (C=O) groups is 1. The lowest BCUT2D eigenvalue weighted by atomic mass is 9.98. The molecule has 0 amide bonds. The fraction of sp³-hybridized carbons (Fsp3) is 0.462. The van der Waals surface area contributed by atoms with Gasteiger partial charge in [-0.05, 0) is 54.4 Å². The van der Waals surface area contributed by atoms with E-state index in [0.717, 1.165) is 4.47 Å². The summed E-state index contributed by atoms with van der Waals surface area (Å²) in [5, 5.41) is 0.616. The van der Waals surface area contributed by atoms with Gasteiger partial charge in [-0.2, -0.15) is 0 Å². The number of rotatable bonds is 5. The summed E-state index contributed by atoms with van der Waals surface area (Å²) in [5.74, 6) is 0.0960. The van der Waals surface area contributed by atoms with Crippen LogP contribution in [0.2, 0.25) is 5.02 Å². The maximum absolute atomic E-state index is 12.0. The second-order valence-electron chi connectivity index (χ2n) is 4.51. The molecule has 0 unspecified atom stereocenters. The van der Waals surface area contributed by atoms with E-state index in [1.807, 2.05) is 13.8 Å². The third-order valence-corrected chi connectivity index (χ3v) is 3.63. The first-order chi connectivity index (χ1) is 7.85. The Bertz CT molecular complexity index is 416. The Morgan fingerprint density at radius 3 is 2.65 bits per heavy atom. The van der Waals surface area contributed by atoms with Crippen LogP contribution in [0.4, 0.5) is 0 Å². The summed E-state index contributed by atoms with van der Waals surface area (Å²) >= 11 is 9.18. The fourth-order valence-electron chi connectivity index (χ4n) is 1.37. The van der Waals surface area contributed by atoms with Gasteiger partial charge in [0.2, 0.25) is 0 Å². The van der Waals surface area contributed by atoms with E-state index < -0.39 is 0 Å². The van der Waals surface area contributed by atoms with Crippen molar-refractivity contribution in [3.05, 3.63) is 33.3 Å². The first kappa shape index (κ1) is 14.7. The monoisotopic (exact) mass is 318 g/mol. The summed E-state index contributed by atoms with van der Waals surface area (Å²) in [5.41, 5.74) is 0.399. The number of hydrogen-bond donors (Lipinski definition) is 0. The van der Waals surface area contributed by atoms with E-state index in [2.05, 4.69) is 15.9 Å². The molecule has 1 aromatic carbocycles. The van der Waals surface area contributed by atoms with Gasteiger partial charge in [0.1, 0.15) is 0 Å².